The molecule has 0 fully saturated rings. The molecular formula is C17H14N3NaO3S2. The topological polar surface area (TPSA) is 108 Å². The molecule has 0 radical (unpaired) electrons. The van der Waals surface area contributed by atoms with Crippen LogP contribution in [0.2, 0.25) is 0 Å². The third-order valence-electron chi connectivity index (χ3n) is 3.64. The minimum Gasteiger partial charge on any atom is -0.744 e. The van der Waals surface area contributed by atoms with Gasteiger partial charge in [0.25, 0.3) is 0 Å². The van der Waals surface area contributed by atoms with Crippen molar-refractivity contribution in [1.82, 2.24) is 0 Å². The van der Waals surface area contributed by atoms with Crippen LogP contribution in [0.5, 0.6) is 0 Å². The molecule has 0 aliphatic rings. The first-order valence-electron chi connectivity index (χ1n) is 7.23. The zero-order valence-corrected chi connectivity index (χ0v) is 17.8. The van der Waals surface area contributed by atoms with E-state index in [1.54, 1.807) is 48.2 Å². The molecule has 0 amide bonds. The maximum Gasteiger partial charge on any atom is 1.00 e. The Bertz CT molecular complexity index is 1070. The quantitative estimate of drug-likeness (QED) is 0.237. The van der Waals surface area contributed by atoms with E-state index >= 15 is 0 Å². The third kappa shape index (κ3) is 4.46. The number of hydrogen-bond acceptors (Lipinski definition) is 7. The molecule has 3 rings (SSSR count). The molecule has 3 aromatic carbocycles. The molecule has 0 atom stereocenters. The summed E-state index contributed by atoms with van der Waals surface area (Å²) >= 11 is 1.61. The first-order valence-corrected chi connectivity index (χ1v) is 9.86. The zero-order valence-electron chi connectivity index (χ0n) is 14.2. The van der Waals surface area contributed by atoms with Gasteiger partial charge in [-0.25, -0.2) is 8.42 Å². The summed E-state index contributed by atoms with van der Waals surface area (Å²) in [5.41, 5.74) is 7.09. The summed E-state index contributed by atoms with van der Waals surface area (Å²) in [6, 6.07) is 15.1. The van der Waals surface area contributed by atoms with Gasteiger partial charge in [-0.2, -0.15) is 5.11 Å². The van der Waals surface area contributed by atoms with Crippen molar-refractivity contribution in [3.63, 3.8) is 0 Å². The molecule has 0 aliphatic heterocycles. The monoisotopic (exact) mass is 395 g/mol. The summed E-state index contributed by atoms with van der Waals surface area (Å²) in [6.07, 6.45) is 1.97. The third-order valence-corrected chi connectivity index (χ3v) is 5.26. The van der Waals surface area contributed by atoms with Gasteiger partial charge >= 0.3 is 29.6 Å². The molecule has 128 valence electrons. The summed E-state index contributed by atoms with van der Waals surface area (Å²) in [5.74, 6) is 0. The van der Waals surface area contributed by atoms with E-state index in [1.165, 1.54) is 6.07 Å². The van der Waals surface area contributed by atoms with E-state index in [-0.39, 0.29) is 51.2 Å². The Morgan fingerprint density at radius 3 is 2.19 bits per heavy atom. The molecule has 0 unspecified atom stereocenters. The molecule has 0 saturated carbocycles. The van der Waals surface area contributed by atoms with Crippen LogP contribution < -0.4 is 35.3 Å². The zero-order chi connectivity index (χ0) is 18.0. The van der Waals surface area contributed by atoms with Gasteiger partial charge in [-0.3, -0.25) is 0 Å². The van der Waals surface area contributed by atoms with Gasteiger partial charge in [0, 0.05) is 15.7 Å². The van der Waals surface area contributed by atoms with Crippen LogP contribution in [0.3, 0.4) is 0 Å². The summed E-state index contributed by atoms with van der Waals surface area (Å²) in [7, 11) is -4.67. The number of nitrogen functional groups attached to an aromatic ring is 1. The number of nitrogens with two attached hydrogens (primary N) is 1. The van der Waals surface area contributed by atoms with Crippen molar-refractivity contribution in [3.8, 4) is 0 Å². The van der Waals surface area contributed by atoms with Crippen LogP contribution in [0, 0.1) is 0 Å². The maximum absolute atomic E-state index is 11.6. The van der Waals surface area contributed by atoms with Crippen LogP contribution in [0.25, 0.3) is 10.8 Å². The van der Waals surface area contributed by atoms with Crippen molar-refractivity contribution in [1.29, 1.82) is 0 Å². The van der Waals surface area contributed by atoms with E-state index in [2.05, 4.69) is 10.2 Å². The van der Waals surface area contributed by atoms with Gasteiger partial charge < -0.3 is 10.3 Å². The summed E-state index contributed by atoms with van der Waals surface area (Å²) < 4.78 is 34.8. The Hall–Kier alpha value is -1.42. The van der Waals surface area contributed by atoms with Crippen molar-refractivity contribution in [2.45, 2.75) is 9.79 Å². The van der Waals surface area contributed by atoms with Gasteiger partial charge in [-0.05, 0) is 36.6 Å². The van der Waals surface area contributed by atoms with Crippen molar-refractivity contribution in [2.24, 2.45) is 10.2 Å². The number of anilines is 1. The summed E-state index contributed by atoms with van der Waals surface area (Å²) in [6.45, 7) is 0. The van der Waals surface area contributed by atoms with E-state index < -0.39 is 10.1 Å². The predicted octanol–water partition coefficient (Wildman–Crippen LogP) is 1.47. The molecule has 9 heteroatoms. The van der Waals surface area contributed by atoms with Gasteiger partial charge in [0.1, 0.15) is 15.8 Å². The van der Waals surface area contributed by atoms with Crippen LogP contribution in [0.4, 0.5) is 17.1 Å². The standard InChI is InChI=1S/C17H15N3O3S2.Na/c1-24-12-8-6-11(7-9-12)19-20-15-10-16(25(21,22)23)13-4-2-3-5-14(13)17(15)18;/h2-10H,18H2,1H3,(H,21,22,23);/q;+1/p-1. The Morgan fingerprint density at radius 1 is 1.00 bits per heavy atom. The molecule has 2 N–H and O–H groups in total. The van der Waals surface area contributed by atoms with E-state index in [9.17, 15) is 13.0 Å². The maximum atomic E-state index is 11.6. The molecule has 0 saturated heterocycles. The second-order valence-electron chi connectivity index (χ2n) is 5.21. The average Bonchev–Trinajstić information content (AvgIpc) is 2.61. The number of fused-ring (bicyclic) bond motifs is 1. The van der Waals surface area contributed by atoms with Gasteiger partial charge in [-0.15, -0.1) is 16.9 Å². The number of hydrogen-bond donors (Lipinski definition) is 1. The van der Waals surface area contributed by atoms with Crippen LogP contribution in [0.1, 0.15) is 0 Å². The van der Waals surface area contributed by atoms with Crippen LogP contribution in [-0.2, 0) is 10.1 Å². The molecule has 0 aliphatic carbocycles. The number of rotatable bonds is 4. The molecule has 0 bridgehead atoms. The molecule has 6 nitrogen and oxygen atoms in total. The van der Waals surface area contributed by atoms with E-state index in [4.69, 9.17) is 5.73 Å². The Kier molecular flexibility index (Phi) is 6.84. The van der Waals surface area contributed by atoms with Crippen LogP contribution in [-0.4, -0.2) is 19.2 Å². The van der Waals surface area contributed by atoms with Gasteiger partial charge in [0.2, 0.25) is 0 Å². The summed E-state index contributed by atoms with van der Waals surface area (Å²) in [5, 5.41) is 8.85. The van der Waals surface area contributed by atoms with E-state index in [0.717, 1.165) is 4.90 Å². The molecule has 0 spiro atoms. The van der Waals surface area contributed by atoms with Crippen molar-refractivity contribution in [2.75, 3.05) is 12.0 Å². The Labute approximate surface area is 177 Å². The molecule has 26 heavy (non-hydrogen) atoms. The van der Waals surface area contributed by atoms with Gasteiger partial charge in [0.05, 0.1) is 16.3 Å². The van der Waals surface area contributed by atoms with Gasteiger partial charge in [-0.1, -0.05) is 24.3 Å². The normalized spacial score (nSPS) is 11.6. The fraction of sp³-hybridized carbons (Fsp3) is 0.0588. The van der Waals surface area contributed by atoms with Crippen LogP contribution >= 0.6 is 11.8 Å². The first kappa shape index (κ1) is 20.9. The molecule has 0 heterocycles. The van der Waals surface area contributed by atoms with E-state index in [1.807, 2.05) is 18.4 Å². The fourth-order valence-corrected chi connectivity index (χ4v) is 3.51. The Balaban J connectivity index is 0.00000243. The molecular weight excluding hydrogens is 381 g/mol. The van der Waals surface area contributed by atoms with Crippen molar-refractivity contribution < 1.29 is 42.5 Å². The number of azo groups is 1. The summed E-state index contributed by atoms with van der Waals surface area (Å²) in [4.78, 5) is 0.730. The van der Waals surface area contributed by atoms with E-state index in [0.29, 0.717) is 11.1 Å². The number of thioether (sulfide) groups is 1. The first-order chi connectivity index (χ1) is 11.9. The van der Waals surface area contributed by atoms with Crippen LogP contribution in [0.15, 0.2) is 74.6 Å². The smallest absolute Gasteiger partial charge is 0.744 e. The predicted molar refractivity (Wildman–Crippen MR) is 98.7 cm³/mol. The molecule has 3 aromatic rings. The SMILES string of the molecule is CSc1ccc(N=Nc2cc(S(=O)(=O)[O-])c3ccccc3c2N)cc1.[Na+]. The largest absolute Gasteiger partial charge is 1.00 e. The minimum absolute atomic E-state index is 0. The van der Waals surface area contributed by atoms with Gasteiger partial charge in [0.15, 0.2) is 0 Å². The fourth-order valence-electron chi connectivity index (χ4n) is 2.40. The van der Waals surface area contributed by atoms with Crippen molar-refractivity contribution in [3.05, 3.63) is 54.6 Å². The number of benzene rings is 3. The number of nitrogens with zero attached hydrogens (tertiary/aromatic N) is 2. The second-order valence-corrected chi connectivity index (χ2v) is 7.43. The average molecular weight is 395 g/mol. The molecule has 0 aromatic heterocycles. The second kappa shape index (κ2) is 8.51. The Morgan fingerprint density at radius 2 is 1.62 bits per heavy atom. The minimum atomic E-state index is -4.67. The van der Waals surface area contributed by atoms with Crippen molar-refractivity contribution >= 4 is 49.7 Å².